The molecule has 1 fully saturated rings. The van der Waals surface area contributed by atoms with Gasteiger partial charge in [-0.1, -0.05) is 0 Å². The lowest BCUT2D eigenvalue weighted by atomic mass is 9.80. The van der Waals surface area contributed by atoms with Gasteiger partial charge in [0.05, 0.1) is 11.5 Å². The van der Waals surface area contributed by atoms with Crippen molar-refractivity contribution in [1.29, 1.82) is 0 Å². The highest BCUT2D eigenvalue weighted by Crippen LogP contribution is 2.27. The first-order valence-corrected chi connectivity index (χ1v) is 3.76. The predicted octanol–water partition coefficient (Wildman–Crippen LogP) is 0.266. The number of alkyl halides is 2. The number of piperidine rings is 1. The zero-order chi connectivity index (χ0) is 8.32. The van der Waals surface area contributed by atoms with Crippen molar-refractivity contribution in [1.82, 2.24) is 5.32 Å². The number of aliphatic hydroxyl groups is 1. The third kappa shape index (κ3) is 1.51. The molecule has 1 aliphatic heterocycles. The van der Waals surface area contributed by atoms with E-state index >= 15 is 0 Å². The third-order valence-electron chi connectivity index (χ3n) is 2.31. The van der Waals surface area contributed by atoms with Gasteiger partial charge in [0.25, 0.3) is 0 Å². The van der Waals surface area contributed by atoms with Crippen molar-refractivity contribution >= 4 is 0 Å². The van der Waals surface area contributed by atoms with Crippen LogP contribution < -0.4 is 5.32 Å². The van der Waals surface area contributed by atoms with E-state index in [4.69, 9.17) is 0 Å². The molecule has 1 rings (SSSR count). The van der Waals surface area contributed by atoms with Gasteiger partial charge in [0.15, 0.2) is 0 Å². The molecule has 0 aromatic heterocycles. The highest BCUT2D eigenvalue weighted by molar-refractivity contribution is 4.91. The van der Waals surface area contributed by atoms with E-state index in [1.807, 2.05) is 0 Å². The minimum atomic E-state index is -1.17. The van der Waals surface area contributed by atoms with Crippen molar-refractivity contribution in [3.8, 4) is 0 Å². The molecule has 0 radical (unpaired) electrons. The predicted molar refractivity (Wildman–Crippen MR) is 37.9 cm³/mol. The summed E-state index contributed by atoms with van der Waals surface area (Å²) < 4.78 is 24.7. The van der Waals surface area contributed by atoms with Crippen molar-refractivity contribution in [2.24, 2.45) is 5.41 Å². The Labute approximate surface area is 64.6 Å². The van der Waals surface area contributed by atoms with E-state index in [1.54, 1.807) is 0 Å². The SMILES string of the molecule is OC1CCNCC1(CF)CF. The van der Waals surface area contributed by atoms with E-state index in [9.17, 15) is 13.9 Å². The summed E-state index contributed by atoms with van der Waals surface area (Å²) in [5.41, 5.74) is -1.17. The van der Waals surface area contributed by atoms with Gasteiger partial charge in [-0.2, -0.15) is 0 Å². The highest BCUT2D eigenvalue weighted by Gasteiger charge is 2.40. The molecule has 1 aliphatic rings. The largest absolute Gasteiger partial charge is 0.392 e. The molecule has 0 aliphatic carbocycles. The molecule has 66 valence electrons. The minimum Gasteiger partial charge on any atom is -0.392 e. The van der Waals surface area contributed by atoms with Crippen LogP contribution in [0.15, 0.2) is 0 Å². The summed E-state index contributed by atoms with van der Waals surface area (Å²) in [6.45, 7) is -0.709. The number of nitrogens with one attached hydrogen (secondary N) is 1. The molecule has 4 heteroatoms. The summed E-state index contributed by atoms with van der Waals surface area (Å²) in [5, 5.41) is 12.2. The van der Waals surface area contributed by atoms with Gasteiger partial charge in [0.2, 0.25) is 0 Å². The van der Waals surface area contributed by atoms with Gasteiger partial charge in [-0.05, 0) is 13.0 Å². The molecule has 0 bridgehead atoms. The molecule has 11 heavy (non-hydrogen) atoms. The molecule has 1 saturated heterocycles. The van der Waals surface area contributed by atoms with Gasteiger partial charge >= 0.3 is 0 Å². The van der Waals surface area contributed by atoms with Crippen LogP contribution in [0.2, 0.25) is 0 Å². The van der Waals surface area contributed by atoms with Crippen LogP contribution in [0.5, 0.6) is 0 Å². The van der Waals surface area contributed by atoms with E-state index < -0.39 is 24.9 Å². The van der Waals surface area contributed by atoms with Crippen molar-refractivity contribution in [3.05, 3.63) is 0 Å². The molecule has 0 amide bonds. The second-order valence-electron chi connectivity index (χ2n) is 3.11. The Kier molecular flexibility index (Phi) is 2.78. The molecule has 0 aromatic carbocycles. The number of hydrogen-bond donors (Lipinski definition) is 2. The molecule has 0 saturated carbocycles. The first-order chi connectivity index (χ1) is 5.25. The Morgan fingerprint density at radius 2 is 2.09 bits per heavy atom. The van der Waals surface area contributed by atoms with Gasteiger partial charge in [-0.25, -0.2) is 0 Å². The number of rotatable bonds is 2. The van der Waals surface area contributed by atoms with Crippen LogP contribution in [0.3, 0.4) is 0 Å². The molecular formula is C7H13F2NO. The lowest BCUT2D eigenvalue weighted by molar-refractivity contribution is -0.0317. The molecule has 1 atom stereocenters. The quantitative estimate of drug-likeness (QED) is 0.615. The number of aliphatic hydroxyl groups excluding tert-OH is 1. The van der Waals surface area contributed by atoms with Crippen molar-refractivity contribution in [3.63, 3.8) is 0 Å². The van der Waals surface area contributed by atoms with E-state index in [0.717, 1.165) is 0 Å². The Morgan fingerprint density at radius 3 is 2.45 bits per heavy atom. The summed E-state index contributed by atoms with van der Waals surface area (Å²) in [6, 6.07) is 0. The molecular weight excluding hydrogens is 152 g/mol. The lowest BCUT2D eigenvalue weighted by Gasteiger charge is -2.37. The molecule has 2 nitrogen and oxygen atoms in total. The molecule has 0 spiro atoms. The fraction of sp³-hybridized carbons (Fsp3) is 1.00. The average Bonchev–Trinajstić information content (AvgIpc) is 2.06. The van der Waals surface area contributed by atoms with E-state index in [2.05, 4.69) is 5.32 Å². The fourth-order valence-corrected chi connectivity index (χ4v) is 1.31. The second kappa shape index (κ2) is 3.45. The molecule has 1 unspecified atom stereocenters. The second-order valence-corrected chi connectivity index (χ2v) is 3.11. The van der Waals surface area contributed by atoms with Crippen molar-refractivity contribution in [2.75, 3.05) is 26.4 Å². The summed E-state index contributed by atoms with van der Waals surface area (Å²) in [5.74, 6) is 0. The molecule has 1 heterocycles. The van der Waals surface area contributed by atoms with E-state index in [0.29, 0.717) is 13.0 Å². The number of halogens is 2. The summed E-state index contributed by atoms with van der Waals surface area (Å²) >= 11 is 0. The smallest absolute Gasteiger partial charge is 0.101 e. The van der Waals surface area contributed by atoms with E-state index in [-0.39, 0.29) is 6.54 Å². The minimum absolute atomic E-state index is 0.237. The lowest BCUT2D eigenvalue weighted by Crippen LogP contribution is -2.52. The zero-order valence-corrected chi connectivity index (χ0v) is 6.32. The van der Waals surface area contributed by atoms with Crippen LogP contribution in [0.4, 0.5) is 8.78 Å². The van der Waals surface area contributed by atoms with Crippen LogP contribution in [-0.2, 0) is 0 Å². The van der Waals surface area contributed by atoms with Gasteiger partial charge in [0.1, 0.15) is 13.3 Å². The zero-order valence-electron chi connectivity index (χ0n) is 6.32. The molecule has 0 aromatic rings. The molecule has 2 N–H and O–H groups in total. The van der Waals surface area contributed by atoms with Crippen LogP contribution in [0, 0.1) is 5.41 Å². The Balaban J connectivity index is 2.61. The average molecular weight is 165 g/mol. The Bertz CT molecular complexity index is 128. The summed E-state index contributed by atoms with van der Waals surface area (Å²) in [4.78, 5) is 0. The topological polar surface area (TPSA) is 32.3 Å². The van der Waals surface area contributed by atoms with Gasteiger partial charge in [-0.15, -0.1) is 0 Å². The monoisotopic (exact) mass is 165 g/mol. The van der Waals surface area contributed by atoms with Crippen LogP contribution in [0.1, 0.15) is 6.42 Å². The maximum Gasteiger partial charge on any atom is 0.101 e. The normalized spacial score (nSPS) is 30.3. The summed E-state index contributed by atoms with van der Waals surface area (Å²) in [6.07, 6.45) is -0.396. The number of hydrogen-bond acceptors (Lipinski definition) is 2. The highest BCUT2D eigenvalue weighted by atomic mass is 19.1. The van der Waals surface area contributed by atoms with Crippen molar-refractivity contribution in [2.45, 2.75) is 12.5 Å². The standard InChI is InChI=1S/C7H13F2NO/c8-3-7(4-9)5-10-2-1-6(7)11/h6,10-11H,1-5H2. The third-order valence-corrected chi connectivity index (χ3v) is 2.31. The van der Waals surface area contributed by atoms with Crippen LogP contribution in [-0.4, -0.2) is 37.6 Å². The van der Waals surface area contributed by atoms with Gasteiger partial charge in [-0.3, -0.25) is 8.78 Å². The Hall–Kier alpha value is -0.220. The summed E-state index contributed by atoms with van der Waals surface area (Å²) in [7, 11) is 0. The maximum atomic E-state index is 12.3. The van der Waals surface area contributed by atoms with Crippen LogP contribution in [0.25, 0.3) is 0 Å². The maximum absolute atomic E-state index is 12.3. The first kappa shape index (κ1) is 8.87. The fourth-order valence-electron chi connectivity index (χ4n) is 1.31. The first-order valence-electron chi connectivity index (χ1n) is 3.76. The Morgan fingerprint density at radius 1 is 1.45 bits per heavy atom. The van der Waals surface area contributed by atoms with Gasteiger partial charge in [0, 0.05) is 6.54 Å². The van der Waals surface area contributed by atoms with E-state index in [1.165, 1.54) is 0 Å². The van der Waals surface area contributed by atoms with Gasteiger partial charge < -0.3 is 10.4 Å². The van der Waals surface area contributed by atoms with Crippen molar-refractivity contribution < 1.29 is 13.9 Å². The van der Waals surface area contributed by atoms with Crippen LogP contribution >= 0.6 is 0 Å².